The lowest BCUT2D eigenvalue weighted by Crippen LogP contribution is -2.24. The number of hydrogen-bond donors (Lipinski definition) is 0. The van der Waals surface area contributed by atoms with Gasteiger partial charge in [-0.1, -0.05) is 26.0 Å². The van der Waals surface area contributed by atoms with Crippen LogP contribution < -0.4 is 4.90 Å². The largest absolute Gasteiger partial charge is 0.368 e. The van der Waals surface area contributed by atoms with Crippen LogP contribution in [0.1, 0.15) is 25.8 Å². The van der Waals surface area contributed by atoms with Crippen LogP contribution in [-0.4, -0.2) is 13.1 Å². The maximum absolute atomic E-state index is 13.8. The van der Waals surface area contributed by atoms with E-state index >= 15 is 0 Å². The Morgan fingerprint density at radius 1 is 1.44 bits per heavy atom. The summed E-state index contributed by atoms with van der Waals surface area (Å²) in [5.74, 6) is 0.208. The van der Waals surface area contributed by atoms with Gasteiger partial charge in [-0.15, -0.1) is 11.6 Å². The summed E-state index contributed by atoms with van der Waals surface area (Å²) in [4.78, 5) is 2.12. The number of rotatable bonds is 2. The lowest BCUT2D eigenvalue weighted by atomic mass is 9.93. The van der Waals surface area contributed by atoms with Gasteiger partial charge in [-0.25, -0.2) is 4.39 Å². The third kappa shape index (κ3) is 2.17. The molecule has 2 rings (SSSR count). The molecule has 1 aliphatic heterocycles. The first-order valence-corrected chi connectivity index (χ1v) is 6.15. The molecule has 0 radical (unpaired) electrons. The molecule has 16 heavy (non-hydrogen) atoms. The minimum atomic E-state index is -0.157. The molecule has 0 aliphatic carbocycles. The Kier molecular flexibility index (Phi) is 3.11. The van der Waals surface area contributed by atoms with E-state index in [4.69, 9.17) is 11.6 Å². The standard InChI is InChI=1S/C13H17ClFN/c1-13(2)6-7-16(9-13)12-10(8-14)4-3-5-11(12)15/h3-5H,6-9H2,1-2H3. The number of nitrogens with zero attached hydrogens (tertiary/aromatic N) is 1. The van der Waals surface area contributed by atoms with Gasteiger partial charge in [-0.05, 0) is 23.5 Å². The SMILES string of the molecule is CC1(C)CCN(c2c(F)cccc2CCl)C1. The normalized spacial score (nSPS) is 19.1. The molecule has 1 aromatic carbocycles. The van der Waals surface area contributed by atoms with Gasteiger partial charge in [0.05, 0.1) is 5.69 Å². The molecular formula is C13H17ClFN. The summed E-state index contributed by atoms with van der Waals surface area (Å²) in [5, 5.41) is 0. The average Bonchev–Trinajstić information content (AvgIpc) is 2.58. The Hall–Kier alpha value is -0.760. The lowest BCUT2D eigenvalue weighted by molar-refractivity contribution is 0.418. The van der Waals surface area contributed by atoms with Crippen molar-refractivity contribution in [2.75, 3.05) is 18.0 Å². The Morgan fingerprint density at radius 2 is 2.19 bits per heavy atom. The summed E-state index contributed by atoms with van der Waals surface area (Å²) >= 11 is 5.86. The van der Waals surface area contributed by atoms with Gasteiger partial charge in [0.15, 0.2) is 0 Å². The highest BCUT2D eigenvalue weighted by atomic mass is 35.5. The van der Waals surface area contributed by atoms with Crippen molar-refractivity contribution in [1.82, 2.24) is 0 Å². The van der Waals surface area contributed by atoms with E-state index in [1.165, 1.54) is 6.07 Å². The molecule has 0 aromatic heterocycles. The van der Waals surface area contributed by atoms with Gasteiger partial charge in [0.2, 0.25) is 0 Å². The number of alkyl halides is 1. The van der Waals surface area contributed by atoms with E-state index in [0.29, 0.717) is 11.6 Å². The fourth-order valence-electron chi connectivity index (χ4n) is 2.33. The topological polar surface area (TPSA) is 3.24 Å². The Balaban J connectivity index is 2.34. The minimum absolute atomic E-state index is 0.157. The molecule has 1 saturated heterocycles. The quantitative estimate of drug-likeness (QED) is 0.712. The second-order valence-electron chi connectivity index (χ2n) is 5.22. The van der Waals surface area contributed by atoms with Gasteiger partial charge in [-0.3, -0.25) is 0 Å². The maximum atomic E-state index is 13.8. The molecule has 88 valence electrons. The molecule has 1 aliphatic rings. The lowest BCUT2D eigenvalue weighted by Gasteiger charge is -2.24. The molecule has 1 fully saturated rings. The third-order valence-electron chi connectivity index (χ3n) is 3.21. The fraction of sp³-hybridized carbons (Fsp3) is 0.538. The van der Waals surface area contributed by atoms with Crippen molar-refractivity contribution < 1.29 is 4.39 Å². The average molecular weight is 242 g/mol. The van der Waals surface area contributed by atoms with E-state index in [9.17, 15) is 4.39 Å². The third-order valence-corrected chi connectivity index (χ3v) is 3.50. The highest BCUT2D eigenvalue weighted by Crippen LogP contribution is 2.35. The van der Waals surface area contributed by atoms with Crippen molar-refractivity contribution in [2.24, 2.45) is 5.41 Å². The number of anilines is 1. The highest BCUT2D eigenvalue weighted by molar-refractivity contribution is 6.17. The molecule has 1 heterocycles. The van der Waals surface area contributed by atoms with E-state index in [1.54, 1.807) is 6.07 Å². The Labute approximate surface area is 101 Å². The zero-order chi connectivity index (χ0) is 11.8. The first-order valence-electron chi connectivity index (χ1n) is 5.62. The van der Waals surface area contributed by atoms with E-state index in [1.807, 2.05) is 6.07 Å². The summed E-state index contributed by atoms with van der Waals surface area (Å²) in [6.45, 7) is 6.25. The summed E-state index contributed by atoms with van der Waals surface area (Å²) in [6, 6.07) is 5.13. The number of para-hydroxylation sites is 1. The number of halogens is 2. The Morgan fingerprint density at radius 3 is 2.75 bits per heavy atom. The molecule has 0 N–H and O–H groups in total. The summed E-state index contributed by atoms with van der Waals surface area (Å²) in [6.07, 6.45) is 1.10. The van der Waals surface area contributed by atoms with Crippen LogP contribution in [-0.2, 0) is 5.88 Å². The molecular weight excluding hydrogens is 225 g/mol. The summed E-state index contributed by atoms with van der Waals surface area (Å²) < 4.78 is 13.8. The predicted octanol–water partition coefficient (Wildman–Crippen LogP) is 3.80. The molecule has 1 aromatic rings. The predicted molar refractivity (Wildman–Crippen MR) is 66.6 cm³/mol. The zero-order valence-corrected chi connectivity index (χ0v) is 10.5. The van der Waals surface area contributed by atoms with Crippen molar-refractivity contribution >= 4 is 17.3 Å². The van der Waals surface area contributed by atoms with Crippen molar-refractivity contribution in [3.8, 4) is 0 Å². The van der Waals surface area contributed by atoms with Crippen LogP contribution >= 0.6 is 11.6 Å². The van der Waals surface area contributed by atoms with Crippen LogP contribution in [0.2, 0.25) is 0 Å². The second-order valence-corrected chi connectivity index (χ2v) is 5.48. The van der Waals surface area contributed by atoms with Gasteiger partial charge in [0, 0.05) is 19.0 Å². The summed E-state index contributed by atoms with van der Waals surface area (Å²) in [5.41, 5.74) is 1.86. The van der Waals surface area contributed by atoms with Crippen LogP contribution in [0.4, 0.5) is 10.1 Å². The number of benzene rings is 1. The molecule has 0 atom stereocenters. The van der Waals surface area contributed by atoms with Gasteiger partial charge < -0.3 is 4.90 Å². The van der Waals surface area contributed by atoms with Gasteiger partial charge in [0.25, 0.3) is 0 Å². The van der Waals surface area contributed by atoms with E-state index in [-0.39, 0.29) is 11.2 Å². The molecule has 0 bridgehead atoms. The molecule has 3 heteroatoms. The summed E-state index contributed by atoms with van der Waals surface area (Å²) in [7, 11) is 0. The van der Waals surface area contributed by atoms with E-state index < -0.39 is 0 Å². The Bertz CT molecular complexity index is 390. The van der Waals surface area contributed by atoms with Gasteiger partial charge in [0.1, 0.15) is 5.82 Å². The van der Waals surface area contributed by atoms with Crippen LogP contribution in [0.5, 0.6) is 0 Å². The molecule has 0 saturated carbocycles. The van der Waals surface area contributed by atoms with Crippen LogP contribution in [0.3, 0.4) is 0 Å². The maximum Gasteiger partial charge on any atom is 0.146 e. The number of hydrogen-bond acceptors (Lipinski definition) is 1. The first kappa shape index (κ1) is 11.7. The van der Waals surface area contributed by atoms with E-state index in [2.05, 4.69) is 18.7 Å². The molecule has 0 spiro atoms. The van der Waals surface area contributed by atoms with Crippen LogP contribution in [0.25, 0.3) is 0 Å². The first-order chi connectivity index (χ1) is 7.53. The van der Waals surface area contributed by atoms with Gasteiger partial charge in [-0.2, -0.15) is 0 Å². The van der Waals surface area contributed by atoms with E-state index in [0.717, 1.165) is 25.1 Å². The second kappa shape index (κ2) is 4.25. The molecule has 0 amide bonds. The van der Waals surface area contributed by atoms with Crippen molar-refractivity contribution in [3.05, 3.63) is 29.6 Å². The van der Waals surface area contributed by atoms with Crippen molar-refractivity contribution in [2.45, 2.75) is 26.1 Å². The van der Waals surface area contributed by atoms with Gasteiger partial charge >= 0.3 is 0 Å². The van der Waals surface area contributed by atoms with Crippen LogP contribution in [0, 0.1) is 11.2 Å². The molecule has 0 unspecified atom stereocenters. The zero-order valence-electron chi connectivity index (χ0n) is 9.76. The monoisotopic (exact) mass is 241 g/mol. The fourth-order valence-corrected chi connectivity index (χ4v) is 2.54. The van der Waals surface area contributed by atoms with Crippen molar-refractivity contribution in [1.29, 1.82) is 0 Å². The highest BCUT2D eigenvalue weighted by Gasteiger charge is 2.31. The molecule has 1 nitrogen and oxygen atoms in total. The van der Waals surface area contributed by atoms with Crippen molar-refractivity contribution in [3.63, 3.8) is 0 Å². The minimum Gasteiger partial charge on any atom is -0.368 e. The smallest absolute Gasteiger partial charge is 0.146 e. The van der Waals surface area contributed by atoms with Crippen LogP contribution in [0.15, 0.2) is 18.2 Å².